The summed E-state index contributed by atoms with van der Waals surface area (Å²) in [6.45, 7) is 1.33. The molecule has 0 aliphatic carbocycles. The van der Waals surface area contributed by atoms with Gasteiger partial charge in [0.25, 0.3) is 0 Å². The number of piperidine rings is 1. The lowest BCUT2D eigenvalue weighted by molar-refractivity contribution is -0.131. The highest BCUT2D eigenvalue weighted by Crippen LogP contribution is 2.38. The van der Waals surface area contributed by atoms with Gasteiger partial charge in [0.1, 0.15) is 5.75 Å². The maximum atomic E-state index is 12.9. The molecule has 0 N–H and O–H groups in total. The molecule has 140 valence electrons. The smallest absolute Gasteiger partial charge is 0.236 e. The van der Waals surface area contributed by atoms with E-state index in [1.165, 1.54) is 10.5 Å². The van der Waals surface area contributed by atoms with Crippen LogP contribution in [0.1, 0.15) is 28.8 Å². The topological polar surface area (TPSA) is 46.6 Å². The molecule has 2 aromatic carbocycles. The number of Topliss-reactive ketones (excluding diaryl/α,β-unsaturated/α-hetero) is 1. The molecule has 0 spiro atoms. The van der Waals surface area contributed by atoms with Gasteiger partial charge < -0.3 is 9.64 Å². The molecule has 2 aliphatic rings. The fourth-order valence-electron chi connectivity index (χ4n) is 3.88. The predicted molar refractivity (Wildman–Crippen MR) is 106 cm³/mol. The minimum atomic E-state index is -0.0174. The quantitative estimate of drug-likeness (QED) is 0.755. The number of thioether (sulfide) groups is 1. The molecule has 2 aromatic rings. The highest BCUT2D eigenvalue weighted by atomic mass is 32.2. The minimum Gasteiger partial charge on any atom is -0.497 e. The van der Waals surface area contributed by atoms with Crippen molar-refractivity contribution < 1.29 is 14.3 Å². The molecule has 1 fully saturated rings. The first kappa shape index (κ1) is 18.1. The summed E-state index contributed by atoms with van der Waals surface area (Å²) in [6.07, 6.45) is 2.28. The SMILES string of the molecule is COc1ccc(C(=O)C2CCN(C(=O)C3Cc4ccccc4S3)CC2)cc1. The number of nitrogens with zero attached hydrogens (tertiary/aromatic N) is 1. The van der Waals surface area contributed by atoms with E-state index in [4.69, 9.17) is 4.74 Å². The zero-order valence-electron chi connectivity index (χ0n) is 15.4. The van der Waals surface area contributed by atoms with Crippen LogP contribution in [0.5, 0.6) is 5.75 Å². The molecule has 0 aromatic heterocycles. The second kappa shape index (κ2) is 7.77. The Balaban J connectivity index is 1.33. The zero-order chi connectivity index (χ0) is 18.8. The van der Waals surface area contributed by atoms with Gasteiger partial charge in [0.2, 0.25) is 5.91 Å². The maximum absolute atomic E-state index is 12.9. The number of ketones is 1. The van der Waals surface area contributed by atoms with Gasteiger partial charge in [-0.25, -0.2) is 0 Å². The van der Waals surface area contributed by atoms with E-state index < -0.39 is 0 Å². The summed E-state index contributed by atoms with van der Waals surface area (Å²) in [6, 6.07) is 15.5. The molecule has 27 heavy (non-hydrogen) atoms. The number of fused-ring (bicyclic) bond motifs is 1. The van der Waals surface area contributed by atoms with E-state index in [-0.39, 0.29) is 22.9 Å². The van der Waals surface area contributed by atoms with E-state index in [1.807, 2.05) is 41.3 Å². The molecular weight excluding hydrogens is 358 g/mol. The lowest BCUT2D eigenvalue weighted by Crippen LogP contribution is -2.44. The molecule has 0 radical (unpaired) electrons. The summed E-state index contributed by atoms with van der Waals surface area (Å²) in [5, 5.41) is -0.0174. The van der Waals surface area contributed by atoms with E-state index in [1.54, 1.807) is 18.9 Å². The number of amides is 1. The molecule has 2 aliphatic heterocycles. The van der Waals surface area contributed by atoms with Gasteiger partial charge in [0.15, 0.2) is 5.78 Å². The number of carbonyl (C=O) groups excluding carboxylic acids is 2. The van der Waals surface area contributed by atoms with Crippen LogP contribution in [0.3, 0.4) is 0 Å². The van der Waals surface area contributed by atoms with Crippen molar-refractivity contribution in [3.05, 3.63) is 59.7 Å². The number of methoxy groups -OCH3 is 1. The van der Waals surface area contributed by atoms with Crippen LogP contribution in [-0.2, 0) is 11.2 Å². The third kappa shape index (κ3) is 3.74. The number of likely N-dealkylation sites (tertiary alicyclic amines) is 1. The predicted octanol–water partition coefficient (Wildman–Crippen LogP) is 3.83. The van der Waals surface area contributed by atoms with Crippen molar-refractivity contribution >= 4 is 23.5 Å². The highest BCUT2D eigenvalue weighted by molar-refractivity contribution is 8.01. The molecule has 2 heterocycles. The second-order valence-electron chi connectivity index (χ2n) is 7.11. The van der Waals surface area contributed by atoms with Crippen LogP contribution < -0.4 is 4.74 Å². The van der Waals surface area contributed by atoms with Crippen LogP contribution >= 0.6 is 11.8 Å². The van der Waals surface area contributed by atoms with Crippen molar-refractivity contribution in [1.29, 1.82) is 0 Å². The second-order valence-corrected chi connectivity index (χ2v) is 8.36. The third-order valence-corrected chi connectivity index (χ3v) is 6.78. The van der Waals surface area contributed by atoms with Crippen LogP contribution in [-0.4, -0.2) is 42.0 Å². The van der Waals surface area contributed by atoms with E-state index in [2.05, 4.69) is 12.1 Å². The Morgan fingerprint density at radius 1 is 1.04 bits per heavy atom. The van der Waals surface area contributed by atoms with Gasteiger partial charge in [0, 0.05) is 29.5 Å². The van der Waals surface area contributed by atoms with Crippen molar-refractivity contribution in [3.8, 4) is 5.75 Å². The first-order valence-corrected chi connectivity index (χ1v) is 10.3. The molecule has 4 nitrogen and oxygen atoms in total. The number of benzene rings is 2. The standard InChI is InChI=1S/C22H23NO3S/c1-26-18-8-6-15(7-9-18)21(24)16-10-12-23(13-11-16)22(25)20-14-17-4-2-3-5-19(17)27-20/h2-9,16,20H,10-14H2,1H3. The molecule has 5 heteroatoms. The van der Waals surface area contributed by atoms with Crippen molar-refractivity contribution in [2.75, 3.05) is 20.2 Å². The van der Waals surface area contributed by atoms with Gasteiger partial charge in [-0.15, -0.1) is 11.8 Å². The van der Waals surface area contributed by atoms with Gasteiger partial charge in [-0.3, -0.25) is 9.59 Å². The minimum absolute atomic E-state index is 0.00382. The first-order valence-electron chi connectivity index (χ1n) is 9.37. The Hall–Kier alpha value is -2.27. The Labute approximate surface area is 163 Å². The van der Waals surface area contributed by atoms with Crippen molar-refractivity contribution in [2.45, 2.75) is 29.4 Å². The number of hydrogen-bond donors (Lipinski definition) is 0. The van der Waals surface area contributed by atoms with Gasteiger partial charge in [-0.2, -0.15) is 0 Å². The largest absolute Gasteiger partial charge is 0.497 e. The van der Waals surface area contributed by atoms with Crippen LogP contribution in [0.15, 0.2) is 53.4 Å². The molecule has 4 rings (SSSR count). The number of rotatable bonds is 4. The average molecular weight is 381 g/mol. The number of hydrogen-bond acceptors (Lipinski definition) is 4. The van der Waals surface area contributed by atoms with E-state index >= 15 is 0 Å². The van der Waals surface area contributed by atoms with E-state index in [0.717, 1.165) is 30.6 Å². The summed E-state index contributed by atoms with van der Waals surface area (Å²) in [4.78, 5) is 28.8. The Bertz CT molecular complexity index is 816. The van der Waals surface area contributed by atoms with Gasteiger partial charge in [0.05, 0.1) is 12.4 Å². The molecule has 1 unspecified atom stereocenters. The molecular formula is C22H23NO3S. The van der Waals surface area contributed by atoms with Crippen LogP contribution in [0.25, 0.3) is 0 Å². The summed E-state index contributed by atoms with van der Waals surface area (Å²) >= 11 is 1.68. The van der Waals surface area contributed by atoms with Gasteiger partial charge in [-0.1, -0.05) is 18.2 Å². The lowest BCUT2D eigenvalue weighted by Gasteiger charge is -2.32. The monoisotopic (exact) mass is 381 g/mol. The summed E-state index contributed by atoms with van der Waals surface area (Å²) in [7, 11) is 1.62. The third-order valence-electron chi connectivity index (χ3n) is 5.47. The molecule has 1 atom stereocenters. The summed E-state index contributed by atoms with van der Waals surface area (Å²) in [5.41, 5.74) is 1.99. The van der Waals surface area contributed by atoms with Crippen LogP contribution in [0.2, 0.25) is 0 Å². The molecule has 0 bridgehead atoms. The zero-order valence-corrected chi connectivity index (χ0v) is 16.2. The number of ether oxygens (including phenoxy) is 1. The Morgan fingerprint density at radius 3 is 2.41 bits per heavy atom. The molecule has 0 saturated carbocycles. The van der Waals surface area contributed by atoms with E-state index in [0.29, 0.717) is 13.1 Å². The normalized spacial score (nSPS) is 19.6. The molecule has 1 amide bonds. The van der Waals surface area contributed by atoms with E-state index in [9.17, 15) is 9.59 Å². The maximum Gasteiger partial charge on any atom is 0.236 e. The van der Waals surface area contributed by atoms with Gasteiger partial charge >= 0.3 is 0 Å². The van der Waals surface area contributed by atoms with Gasteiger partial charge in [-0.05, 0) is 55.2 Å². The lowest BCUT2D eigenvalue weighted by atomic mass is 9.88. The van der Waals surface area contributed by atoms with Crippen molar-refractivity contribution in [1.82, 2.24) is 4.90 Å². The summed E-state index contributed by atoms with van der Waals surface area (Å²) in [5.74, 6) is 1.14. The Kier molecular flexibility index (Phi) is 5.21. The molecule has 1 saturated heterocycles. The first-order chi connectivity index (χ1) is 13.2. The van der Waals surface area contributed by atoms with Crippen molar-refractivity contribution in [3.63, 3.8) is 0 Å². The Morgan fingerprint density at radius 2 is 1.74 bits per heavy atom. The fraction of sp³-hybridized carbons (Fsp3) is 0.364. The van der Waals surface area contributed by atoms with Crippen molar-refractivity contribution in [2.24, 2.45) is 5.92 Å². The van der Waals surface area contributed by atoms with Crippen LogP contribution in [0, 0.1) is 5.92 Å². The fourth-order valence-corrected chi connectivity index (χ4v) is 5.16. The summed E-state index contributed by atoms with van der Waals surface area (Å²) < 4.78 is 5.15. The number of carbonyl (C=O) groups is 2. The average Bonchev–Trinajstić information content (AvgIpc) is 3.17. The van der Waals surface area contributed by atoms with Crippen LogP contribution in [0.4, 0.5) is 0 Å². The highest BCUT2D eigenvalue weighted by Gasteiger charge is 2.34.